The average molecular weight is 353 g/mol. The lowest BCUT2D eigenvalue weighted by atomic mass is 9.90. The minimum absolute atomic E-state index is 0.107. The summed E-state index contributed by atoms with van der Waals surface area (Å²) < 4.78 is 0. The molecule has 0 saturated carbocycles. The third kappa shape index (κ3) is 6.21. The zero-order valence-electron chi connectivity index (χ0n) is 16.5. The number of hydrogen-bond donors (Lipinski definition) is 2. The van der Waals surface area contributed by atoms with Crippen LogP contribution in [0.15, 0.2) is 54.6 Å². The van der Waals surface area contributed by atoms with Gasteiger partial charge in [0.15, 0.2) is 0 Å². The van der Waals surface area contributed by atoms with E-state index in [1.165, 1.54) is 11.1 Å². The van der Waals surface area contributed by atoms with Crippen molar-refractivity contribution in [3.8, 4) is 0 Å². The van der Waals surface area contributed by atoms with Gasteiger partial charge in [0.1, 0.15) is 0 Å². The molecule has 0 spiro atoms. The number of benzene rings is 2. The average Bonchev–Trinajstić information content (AvgIpc) is 2.62. The molecule has 26 heavy (non-hydrogen) atoms. The van der Waals surface area contributed by atoms with Crippen molar-refractivity contribution < 1.29 is 4.79 Å². The number of rotatable bonds is 8. The van der Waals surface area contributed by atoms with Crippen LogP contribution in [0.4, 0.5) is 4.79 Å². The molecule has 2 aromatic carbocycles. The summed E-state index contributed by atoms with van der Waals surface area (Å²) >= 11 is 0. The highest BCUT2D eigenvalue weighted by Gasteiger charge is 2.23. The van der Waals surface area contributed by atoms with Crippen LogP contribution in [0.25, 0.3) is 0 Å². The third-order valence-corrected chi connectivity index (χ3v) is 4.72. The van der Waals surface area contributed by atoms with Gasteiger partial charge in [0.25, 0.3) is 0 Å². The van der Waals surface area contributed by atoms with Crippen molar-refractivity contribution in [2.75, 3.05) is 6.54 Å². The molecule has 0 unspecified atom stereocenters. The summed E-state index contributed by atoms with van der Waals surface area (Å²) in [4.78, 5) is 12.3. The molecule has 2 rings (SSSR count). The van der Waals surface area contributed by atoms with Gasteiger partial charge < -0.3 is 10.6 Å². The van der Waals surface area contributed by atoms with Crippen LogP contribution < -0.4 is 10.6 Å². The molecule has 0 bridgehead atoms. The van der Waals surface area contributed by atoms with Crippen molar-refractivity contribution in [1.82, 2.24) is 10.6 Å². The first-order valence-corrected chi connectivity index (χ1v) is 9.59. The van der Waals surface area contributed by atoms with Gasteiger partial charge in [0.05, 0.1) is 5.54 Å². The second-order valence-electron chi connectivity index (χ2n) is 7.73. The van der Waals surface area contributed by atoms with Crippen molar-refractivity contribution in [2.24, 2.45) is 0 Å². The molecule has 0 saturated heterocycles. The van der Waals surface area contributed by atoms with Gasteiger partial charge in [-0.3, -0.25) is 0 Å². The van der Waals surface area contributed by atoms with Crippen molar-refractivity contribution >= 4 is 6.03 Å². The van der Waals surface area contributed by atoms with Gasteiger partial charge in [-0.25, -0.2) is 4.79 Å². The maximum Gasteiger partial charge on any atom is 0.315 e. The first-order chi connectivity index (χ1) is 12.4. The van der Waals surface area contributed by atoms with E-state index in [1.54, 1.807) is 0 Å². The first-order valence-electron chi connectivity index (χ1n) is 9.59. The van der Waals surface area contributed by atoms with E-state index in [9.17, 15) is 4.79 Å². The highest BCUT2D eigenvalue weighted by Crippen LogP contribution is 2.24. The quantitative estimate of drug-likeness (QED) is 0.616. The topological polar surface area (TPSA) is 41.1 Å². The summed E-state index contributed by atoms with van der Waals surface area (Å²) in [6.45, 7) is 9.15. The summed E-state index contributed by atoms with van der Waals surface area (Å²) in [6, 6.07) is 18.8. The van der Waals surface area contributed by atoms with Gasteiger partial charge in [-0.1, -0.05) is 68.4 Å². The molecule has 0 fully saturated rings. The number of aryl methyl sites for hydroxylation is 1. The van der Waals surface area contributed by atoms with Gasteiger partial charge in [0.2, 0.25) is 0 Å². The molecule has 2 amide bonds. The molecule has 2 N–H and O–H groups in total. The predicted octanol–water partition coefficient (Wildman–Crippen LogP) is 5.37. The highest BCUT2D eigenvalue weighted by atomic mass is 16.2. The Balaban J connectivity index is 1.76. The van der Waals surface area contributed by atoms with Gasteiger partial charge in [0, 0.05) is 6.54 Å². The normalized spacial score (nSPS) is 11.4. The molecule has 140 valence electrons. The number of carbonyl (C=O) groups excluding carboxylic acids is 1. The number of urea groups is 1. The van der Waals surface area contributed by atoms with E-state index in [4.69, 9.17) is 0 Å². The molecule has 0 aliphatic rings. The van der Waals surface area contributed by atoms with Crippen LogP contribution in [0.2, 0.25) is 0 Å². The highest BCUT2D eigenvalue weighted by molar-refractivity contribution is 5.74. The fourth-order valence-corrected chi connectivity index (χ4v) is 2.99. The number of unbranched alkanes of at least 4 members (excludes halogenated alkanes) is 1. The van der Waals surface area contributed by atoms with E-state index >= 15 is 0 Å². The van der Waals surface area contributed by atoms with Gasteiger partial charge in [-0.05, 0) is 55.7 Å². The zero-order valence-corrected chi connectivity index (χ0v) is 16.5. The Kier molecular flexibility index (Phi) is 7.26. The van der Waals surface area contributed by atoms with Gasteiger partial charge in [-0.2, -0.15) is 0 Å². The number of carbonyl (C=O) groups is 1. The Morgan fingerprint density at radius 2 is 1.73 bits per heavy atom. The lowest BCUT2D eigenvalue weighted by Crippen LogP contribution is -2.46. The molecule has 0 radical (unpaired) electrons. The van der Waals surface area contributed by atoms with Crippen LogP contribution in [0, 0.1) is 0 Å². The largest absolute Gasteiger partial charge is 0.338 e. The molecule has 3 heteroatoms. The molecule has 0 aromatic heterocycles. The van der Waals surface area contributed by atoms with Crippen LogP contribution in [0.3, 0.4) is 0 Å². The molecular formula is C23H32N2O. The molecule has 2 aromatic rings. The SMILES string of the molecule is CC(C)c1cccc(C(C)(C)NC(=O)NCCCCc2ccccc2)c1. The first kappa shape index (κ1) is 20.0. The molecule has 0 atom stereocenters. The van der Waals surface area contributed by atoms with Crippen LogP contribution in [0.5, 0.6) is 0 Å². The monoisotopic (exact) mass is 352 g/mol. The molecule has 0 aliphatic heterocycles. The Morgan fingerprint density at radius 1 is 1.00 bits per heavy atom. The third-order valence-electron chi connectivity index (χ3n) is 4.72. The second-order valence-corrected chi connectivity index (χ2v) is 7.73. The summed E-state index contributed by atoms with van der Waals surface area (Å²) in [5.74, 6) is 0.476. The van der Waals surface area contributed by atoms with Gasteiger partial charge >= 0.3 is 6.03 Å². The lowest BCUT2D eigenvalue weighted by Gasteiger charge is -2.28. The van der Waals surface area contributed by atoms with Gasteiger partial charge in [-0.15, -0.1) is 0 Å². The van der Waals surface area contributed by atoms with E-state index < -0.39 is 5.54 Å². The fraction of sp³-hybridized carbons (Fsp3) is 0.435. The lowest BCUT2D eigenvalue weighted by molar-refractivity contribution is 0.230. The summed E-state index contributed by atoms with van der Waals surface area (Å²) in [6.07, 6.45) is 3.10. The van der Waals surface area contributed by atoms with Crippen molar-refractivity contribution in [3.63, 3.8) is 0 Å². The molecule has 0 heterocycles. The predicted molar refractivity (Wildman–Crippen MR) is 109 cm³/mol. The zero-order chi connectivity index (χ0) is 19.0. The summed E-state index contributed by atoms with van der Waals surface area (Å²) in [5.41, 5.74) is 3.36. The van der Waals surface area contributed by atoms with Crippen molar-refractivity contribution in [2.45, 2.75) is 58.4 Å². The Morgan fingerprint density at radius 3 is 2.42 bits per heavy atom. The maximum atomic E-state index is 12.3. The van der Waals surface area contributed by atoms with Crippen molar-refractivity contribution in [1.29, 1.82) is 0 Å². The number of hydrogen-bond acceptors (Lipinski definition) is 1. The Labute approximate surface area is 158 Å². The van der Waals surface area contributed by atoms with E-state index in [2.05, 4.69) is 73.0 Å². The van der Waals surface area contributed by atoms with Crippen LogP contribution in [0.1, 0.15) is 63.1 Å². The maximum absolute atomic E-state index is 12.3. The Hall–Kier alpha value is -2.29. The second kappa shape index (κ2) is 9.42. The van der Waals surface area contributed by atoms with Crippen LogP contribution in [-0.4, -0.2) is 12.6 Å². The minimum atomic E-state index is -0.404. The molecule has 0 aliphatic carbocycles. The minimum Gasteiger partial charge on any atom is -0.338 e. The summed E-state index contributed by atoms with van der Waals surface area (Å²) in [5, 5.41) is 6.08. The van der Waals surface area contributed by atoms with Crippen LogP contribution in [-0.2, 0) is 12.0 Å². The standard InChI is InChI=1S/C23H32N2O/c1-18(2)20-14-10-15-21(17-20)23(3,4)25-22(26)24-16-9-8-13-19-11-6-5-7-12-19/h5-7,10-12,14-15,17-18H,8-9,13,16H2,1-4H3,(H2,24,25,26). The van der Waals surface area contributed by atoms with Crippen molar-refractivity contribution in [3.05, 3.63) is 71.3 Å². The number of nitrogens with one attached hydrogen (secondary N) is 2. The smallest absolute Gasteiger partial charge is 0.315 e. The fourth-order valence-electron chi connectivity index (χ4n) is 2.99. The summed E-state index contributed by atoms with van der Waals surface area (Å²) in [7, 11) is 0. The molecular weight excluding hydrogens is 320 g/mol. The van der Waals surface area contributed by atoms with E-state index in [-0.39, 0.29) is 6.03 Å². The molecule has 3 nitrogen and oxygen atoms in total. The van der Waals surface area contributed by atoms with E-state index in [0.29, 0.717) is 12.5 Å². The van der Waals surface area contributed by atoms with Crippen LogP contribution >= 0.6 is 0 Å². The van der Waals surface area contributed by atoms with E-state index in [1.807, 2.05) is 19.9 Å². The Bertz CT molecular complexity index is 692. The number of amides is 2. The van der Waals surface area contributed by atoms with E-state index in [0.717, 1.165) is 24.8 Å².